The Morgan fingerprint density at radius 1 is 1.56 bits per heavy atom. The second-order valence-electron chi connectivity index (χ2n) is 4.59. The van der Waals surface area contributed by atoms with Crippen LogP contribution < -0.4 is 10.4 Å². The molecule has 1 aromatic heterocycles. The fourth-order valence-electron chi connectivity index (χ4n) is 2.34. The van der Waals surface area contributed by atoms with E-state index in [1.165, 1.54) is 0 Å². The van der Waals surface area contributed by atoms with Crippen LogP contribution in [-0.2, 0) is 11.8 Å². The van der Waals surface area contributed by atoms with Crippen LogP contribution in [-0.4, -0.2) is 28.9 Å². The number of fused-ring (bicyclic) bond motifs is 1. The first-order chi connectivity index (χ1) is 8.75. The zero-order valence-electron chi connectivity index (χ0n) is 10.3. The number of aromatic nitrogens is 2. The molecule has 1 unspecified atom stereocenters. The van der Waals surface area contributed by atoms with Crippen LogP contribution in [0, 0.1) is 0 Å². The molecule has 0 amide bonds. The third kappa shape index (κ3) is 1.90. The summed E-state index contributed by atoms with van der Waals surface area (Å²) >= 11 is 0. The van der Waals surface area contributed by atoms with Crippen LogP contribution in [0.4, 0.5) is 0 Å². The second-order valence-corrected chi connectivity index (χ2v) is 4.59. The maximum atomic E-state index is 11.6. The van der Waals surface area contributed by atoms with Gasteiger partial charge in [-0.1, -0.05) is 6.07 Å². The molecular formula is C13H16N2O3. The van der Waals surface area contributed by atoms with Crippen LogP contribution in [0.25, 0.3) is 11.0 Å². The van der Waals surface area contributed by atoms with Gasteiger partial charge in [-0.2, -0.15) is 0 Å². The van der Waals surface area contributed by atoms with Gasteiger partial charge in [-0.05, 0) is 25.0 Å². The minimum atomic E-state index is -0.127. The van der Waals surface area contributed by atoms with Crippen molar-refractivity contribution in [2.45, 2.75) is 18.9 Å². The number of ether oxygens (including phenoxy) is 2. The fraction of sp³-hybridized carbons (Fsp3) is 0.462. The van der Waals surface area contributed by atoms with E-state index in [0.29, 0.717) is 6.61 Å². The van der Waals surface area contributed by atoms with Gasteiger partial charge in [0.05, 0.1) is 11.6 Å². The Morgan fingerprint density at radius 3 is 3.22 bits per heavy atom. The predicted octanol–water partition coefficient (Wildman–Crippen LogP) is 1.42. The molecule has 1 aromatic carbocycles. The van der Waals surface area contributed by atoms with Crippen LogP contribution >= 0.6 is 0 Å². The molecule has 0 aliphatic carbocycles. The van der Waals surface area contributed by atoms with Crippen molar-refractivity contribution in [3.63, 3.8) is 0 Å². The van der Waals surface area contributed by atoms with Crippen molar-refractivity contribution in [2.24, 2.45) is 7.05 Å². The lowest BCUT2D eigenvalue weighted by Gasteiger charge is -2.12. The van der Waals surface area contributed by atoms with E-state index >= 15 is 0 Å². The molecule has 5 heteroatoms. The number of hydrogen-bond acceptors (Lipinski definition) is 3. The van der Waals surface area contributed by atoms with Crippen molar-refractivity contribution in [1.82, 2.24) is 9.55 Å². The van der Waals surface area contributed by atoms with Crippen molar-refractivity contribution < 1.29 is 9.47 Å². The zero-order valence-corrected chi connectivity index (χ0v) is 10.3. The van der Waals surface area contributed by atoms with E-state index in [4.69, 9.17) is 9.47 Å². The SMILES string of the molecule is Cn1c(=O)[nH]c2cccc(OCC3CCCO3)c21. The molecule has 5 nitrogen and oxygen atoms in total. The van der Waals surface area contributed by atoms with Gasteiger partial charge in [0.1, 0.15) is 17.9 Å². The second kappa shape index (κ2) is 4.49. The van der Waals surface area contributed by atoms with E-state index in [0.717, 1.165) is 36.2 Å². The summed E-state index contributed by atoms with van der Waals surface area (Å²) in [6.07, 6.45) is 2.32. The first-order valence-corrected chi connectivity index (χ1v) is 6.18. The number of imidazole rings is 1. The smallest absolute Gasteiger partial charge is 0.326 e. The topological polar surface area (TPSA) is 56.2 Å². The summed E-state index contributed by atoms with van der Waals surface area (Å²) in [5.74, 6) is 0.726. The first kappa shape index (κ1) is 11.3. The molecule has 1 aliphatic heterocycles. The molecule has 2 heterocycles. The van der Waals surface area contributed by atoms with E-state index in [1.807, 2.05) is 18.2 Å². The minimum Gasteiger partial charge on any atom is -0.489 e. The number of hydrogen-bond donors (Lipinski definition) is 1. The monoisotopic (exact) mass is 248 g/mol. The average Bonchev–Trinajstić information content (AvgIpc) is 2.97. The highest BCUT2D eigenvalue weighted by Gasteiger charge is 2.17. The Labute approximate surface area is 104 Å². The molecule has 1 fully saturated rings. The molecule has 96 valence electrons. The van der Waals surface area contributed by atoms with E-state index in [2.05, 4.69) is 4.98 Å². The molecular weight excluding hydrogens is 232 g/mol. The quantitative estimate of drug-likeness (QED) is 0.893. The molecule has 0 spiro atoms. The van der Waals surface area contributed by atoms with Crippen LogP contribution in [0.15, 0.2) is 23.0 Å². The van der Waals surface area contributed by atoms with Gasteiger partial charge < -0.3 is 14.5 Å². The number of para-hydroxylation sites is 1. The van der Waals surface area contributed by atoms with Gasteiger partial charge in [-0.15, -0.1) is 0 Å². The van der Waals surface area contributed by atoms with Crippen molar-refractivity contribution in [3.8, 4) is 5.75 Å². The molecule has 0 saturated carbocycles. The number of aryl methyl sites for hydroxylation is 1. The largest absolute Gasteiger partial charge is 0.489 e. The van der Waals surface area contributed by atoms with Gasteiger partial charge >= 0.3 is 5.69 Å². The van der Waals surface area contributed by atoms with Crippen LogP contribution in [0.1, 0.15) is 12.8 Å². The summed E-state index contributed by atoms with van der Waals surface area (Å²) in [6.45, 7) is 1.36. The third-order valence-corrected chi connectivity index (χ3v) is 3.33. The third-order valence-electron chi connectivity index (χ3n) is 3.33. The molecule has 0 radical (unpaired) electrons. The normalized spacial score (nSPS) is 19.5. The van der Waals surface area contributed by atoms with E-state index in [-0.39, 0.29) is 11.8 Å². The minimum absolute atomic E-state index is 0.127. The number of benzene rings is 1. The van der Waals surface area contributed by atoms with Crippen molar-refractivity contribution in [2.75, 3.05) is 13.2 Å². The van der Waals surface area contributed by atoms with E-state index in [1.54, 1.807) is 11.6 Å². The zero-order chi connectivity index (χ0) is 12.5. The van der Waals surface area contributed by atoms with E-state index < -0.39 is 0 Å². The lowest BCUT2D eigenvalue weighted by Crippen LogP contribution is -2.17. The standard InChI is InChI=1S/C13H16N2O3/c1-15-12-10(14-13(15)16)5-2-6-11(12)18-8-9-4-3-7-17-9/h2,5-6,9H,3-4,7-8H2,1H3,(H,14,16). The summed E-state index contributed by atoms with van der Waals surface area (Å²) in [7, 11) is 1.74. The Kier molecular flexibility index (Phi) is 2.83. The predicted molar refractivity (Wildman–Crippen MR) is 68.0 cm³/mol. The summed E-state index contributed by atoms with van der Waals surface area (Å²) in [6, 6.07) is 5.63. The number of aromatic amines is 1. The molecule has 1 aliphatic rings. The molecule has 2 aromatic rings. The average molecular weight is 248 g/mol. The van der Waals surface area contributed by atoms with Gasteiger partial charge in [0.25, 0.3) is 0 Å². The van der Waals surface area contributed by atoms with Gasteiger partial charge in [-0.25, -0.2) is 4.79 Å². The maximum absolute atomic E-state index is 11.6. The van der Waals surface area contributed by atoms with Crippen molar-refractivity contribution in [1.29, 1.82) is 0 Å². The molecule has 1 atom stereocenters. The molecule has 18 heavy (non-hydrogen) atoms. The Balaban J connectivity index is 1.88. The number of H-pyrrole nitrogens is 1. The lowest BCUT2D eigenvalue weighted by molar-refractivity contribution is 0.0684. The molecule has 1 saturated heterocycles. The summed E-state index contributed by atoms with van der Waals surface area (Å²) < 4.78 is 12.9. The van der Waals surface area contributed by atoms with Gasteiger partial charge in [0.2, 0.25) is 0 Å². The highest BCUT2D eigenvalue weighted by Crippen LogP contribution is 2.24. The van der Waals surface area contributed by atoms with Crippen LogP contribution in [0.3, 0.4) is 0 Å². The number of rotatable bonds is 3. The van der Waals surface area contributed by atoms with E-state index in [9.17, 15) is 4.79 Å². The summed E-state index contributed by atoms with van der Waals surface area (Å²) in [5.41, 5.74) is 1.48. The van der Waals surface area contributed by atoms with Crippen molar-refractivity contribution >= 4 is 11.0 Å². The Bertz CT molecular complexity index is 608. The fourth-order valence-corrected chi connectivity index (χ4v) is 2.34. The lowest BCUT2D eigenvalue weighted by atomic mass is 10.2. The Hall–Kier alpha value is -1.75. The molecule has 1 N–H and O–H groups in total. The highest BCUT2D eigenvalue weighted by atomic mass is 16.5. The van der Waals surface area contributed by atoms with Gasteiger partial charge in [0.15, 0.2) is 0 Å². The maximum Gasteiger partial charge on any atom is 0.326 e. The molecule has 0 bridgehead atoms. The van der Waals surface area contributed by atoms with Gasteiger partial charge in [0, 0.05) is 13.7 Å². The van der Waals surface area contributed by atoms with Crippen LogP contribution in [0.5, 0.6) is 5.75 Å². The van der Waals surface area contributed by atoms with Crippen LogP contribution in [0.2, 0.25) is 0 Å². The number of nitrogens with one attached hydrogen (secondary N) is 1. The first-order valence-electron chi connectivity index (χ1n) is 6.18. The summed E-state index contributed by atoms with van der Waals surface area (Å²) in [5, 5.41) is 0. The summed E-state index contributed by atoms with van der Waals surface area (Å²) in [4.78, 5) is 14.4. The number of nitrogens with zero attached hydrogens (tertiary/aromatic N) is 1. The highest BCUT2D eigenvalue weighted by molar-refractivity contribution is 5.81. The van der Waals surface area contributed by atoms with Crippen molar-refractivity contribution in [3.05, 3.63) is 28.7 Å². The Morgan fingerprint density at radius 2 is 2.44 bits per heavy atom. The van der Waals surface area contributed by atoms with Gasteiger partial charge in [-0.3, -0.25) is 4.57 Å². The molecule has 3 rings (SSSR count).